The molecule has 0 saturated carbocycles. The predicted octanol–water partition coefficient (Wildman–Crippen LogP) is 3.30. The Balaban J connectivity index is 1.76. The van der Waals surface area contributed by atoms with Gasteiger partial charge in [0.15, 0.2) is 0 Å². The topological polar surface area (TPSA) is 32.8 Å². The molecule has 2 aliphatic rings. The molecular formula is C15H26O2. The molecule has 1 heterocycles. The van der Waals surface area contributed by atoms with Gasteiger partial charge in [0, 0.05) is 0 Å². The highest BCUT2D eigenvalue weighted by Gasteiger charge is 2.47. The van der Waals surface area contributed by atoms with E-state index in [0.29, 0.717) is 17.9 Å². The third-order valence-corrected chi connectivity index (χ3v) is 4.47. The molecule has 2 rings (SSSR count). The van der Waals surface area contributed by atoms with Crippen molar-refractivity contribution in [3.8, 4) is 0 Å². The number of hydrogen-bond acceptors (Lipinski definition) is 2. The van der Waals surface area contributed by atoms with E-state index in [1.54, 1.807) is 0 Å². The van der Waals surface area contributed by atoms with Crippen molar-refractivity contribution in [1.29, 1.82) is 0 Å². The normalized spacial score (nSPS) is 41.2. The van der Waals surface area contributed by atoms with E-state index in [4.69, 9.17) is 4.74 Å². The Hall–Kier alpha value is -0.340. The minimum Gasteiger partial charge on any atom is -0.386 e. The van der Waals surface area contributed by atoms with Crippen LogP contribution >= 0.6 is 0 Å². The molecule has 98 valence electrons. The highest BCUT2D eigenvalue weighted by Crippen LogP contribution is 2.40. The van der Waals surface area contributed by atoms with Crippen LogP contribution in [0.1, 0.15) is 53.4 Å². The second-order valence-electron chi connectivity index (χ2n) is 6.68. The first kappa shape index (κ1) is 13.1. The van der Waals surface area contributed by atoms with E-state index >= 15 is 0 Å². The van der Waals surface area contributed by atoms with Crippen molar-refractivity contribution in [2.45, 2.75) is 70.7 Å². The van der Waals surface area contributed by atoms with E-state index < -0.39 is 5.60 Å². The van der Waals surface area contributed by atoms with E-state index in [1.807, 2.05) is 13.0 Å². The summed E-state index contributed by atoms with van der Waals surface area (Å²) in [4.78, 5) is 0. The molecule has 0 aromatic heterocycles. The highest BCUT2D eigenvalue weighted by molar-refractivity contribution is 5.06. The van der Waals surface area contributed by atoms with Crippen LogP contribution in [0, 0.1) is 11.8 Å². The maximum Gasteiger partial charge on any atom is 0.0892 e. The summed E-state index contributed by atoms with van der Waals surface area (Å²) in [6, 6.07) is 0. The van der Waals surface area contributed by atoms with Crippen LogP contribution in [0.3, 0.4) is 0 Å². The molecule has 0 bridgehead atoms. The number of epoxide rings is 1. The average Bonchev–Trinajstić information content (AvgIpc) is 2.83. The molecule has 0 amide bonds. The fourth-order valence-electron chi connectivity index (χ4n) is 2.81. The third-order valence-electron chi connectivity index (χ3n) is 4.47. The molecule has 0 aromatic carbocycles. The van der Waals surface area contributed by atoms with Crippen molar-refractivity contribution in [3.05, 3.63) is 12.2 Å². The lowest BCUT2D eigenvalue weighted by molar-refractivity contribution is 0.0830. The Morgan fingerprint density at radius 2 is 2.06 bits per heavy atom. The second-order valence-corrected chi connectivity index (χ2v) is 6.68. The van der Waals surface area contributed by atoms with Gasteiger partial charge in [-0.1, -0.05) is 19.1 Å². The number of aliphatic hydroxyl groups is 1. The predicted molar refractivity (Wildman–Crippen MR) is 69.8 cm³/mol. The summed E-state index contributed by atoms with van der Waals surface area (Å²) in [5.41, 5.74) is -0.441. The van der Waals surface area contributed by atoms with Crippen LogP contribution in [0.25, 0.3) is 0 Å². The summed E-state index contributed by atoms with van der Waals surface area (Å²) < 4.78 is 5.62. The van der Waals surface area contributed by atoms with E-state index in [2.05, 4.69) is 26.8 Å². The van der Waals surface area contributed by atoms with Crippen molar-refractivity contribution >= 4 is 0 Å². The molecule has 1 N–H and O–H groups in total. The fourth-order valence-corrected chi connectivity index (χ4v) is 2.81. The fraction of sp³-hybridized carbons (Fsp3) is 0.867. The van der Waals surface area contributed by atoms with Crippen molar-refractivity contribution in [2.24, 2.45) is 11.8 Å². The minimum absolute atomic E-state index is 0.131. The molecule has 1 fully saturated rings. The summed E-state index contributed by atoms with van der Waals surface area (Å²) in [7, 11) is 0. The zero-order chi connectivity index (χ0) is 12.7. The van der Waals surface area contributed by atoms with Crippen molar-refractivity contribution < 1.29 is 9.84 Å². The van der Waals surface area contributed by atoms with Gasteiger partial charge < -0.3 is 9.84 Å². The van der Waals surface area contributed by atoms with Gasteiger partial charge in [0.1, 0.15) is 0 Å². The molecule has 1 unspecified atom stereocenters. The Morgan fingerprint density at radius 1 is 1.41 bits per heavy atom. The quantitative estimate of drug-likeness (QED) is 0.602. The molecule has 0 radical (unpaired) electrons. The van der Waals surface area contributed by atoms with Gasteiger partial charge in [0.25, 0.3) is 0 Å². The Labute approximate surface area is 105 Å². The Kier molecular flexibility index (Phi) is 3.39. The number of ether oxygens (including phenoxy) is 1. The van der Waals surface area contributed by atoms with E-state index in [-0.39, 0.29) is 5.60 Å². The van der Waals surface area contributed by atoms with Gasteiger partial charge in [-0.2, -0.15) is 0 Å². The Morgan fingerprint density at radius 3 is 2.53 bits per heavy atom. The van der Waals surface area contributed by atoms with Crippen LogP contribution in [0.2, 0.25) is 0 Å². The highest BCUT2D eigenvalue weighted by atomic mass is 16.6. The van der Waals surface area contributed by atoms with Gasteiger partial charge in [-0.25, -0.2) is 0 Å². The smallest absolute Gasteiger partial charge is 0.0892 e. The summed E-state index contributed by atoms with van der Waals surface area (Å²) in [6.45, 7) is 8.55. The maximum absolute atomic E-state index is 9.86. The average molecular weight is 238 g/mol. The van der Waals surface area contributed by atoms with Crippen LogP contribution in [0.5, 0.6) is 0 Å². The van der Waals surface area contributed by atoms with Crippen LogP contribution in [0.4, 0.5) is 0 Å². The van der Waals surface area contributed by atoms with Crippen LogP contribution < -0.4 is 0 Å². The molecular weight excluding hydrogens is 212 g/mol. The number of hydrogen-bond donors (Lipinski definition) is 1. The summed E-state index contributed by atoms with van der Waals surface area (Å²) in [6.07, 6.45) is 9.08. The summed E-state index contributed by atoms with van der Waals surface area (Å²) >= 11 is 0. The van der Waals surface area contributed by atoms with Crippen LogP contribution in [-0.4, -0.2) is 22.4 Å². The van der Waals surface area contributed by atoms with Gasteiger partial charge in [0.05, 0.1) is 17.3 Å². The van der Waals surface area contributed by atoms with Gasteiger partial charge in [-0.3, -0.25) is 0 Å². The van der Waals surface area contributed by atoms with Crippen LogP contribution in [0.15, 0.2) is 12.2 Å². The monoisotopic (exact) mass is 238 g/mol. The summed E-state index contributed by atoms with van der Waals surface area (Å²) in [5.74, 6) is 1.33. The van der Waals surface area contributed by atoms with Crippen molar-refractivity contribution in [2.75, 3.05) is 0 Å². The molecule has 4 atom stereocenters. The van der Waals surface area contributed by atoms with Crippen molar-refractivity contribution in [3.63, 3.8) is 0 Å². The molecule has 1 saturated heterocycles. The van der Waals surface area contributed by atoms with E-state index in [0.717, 1.165) is 12.8 Å². The first-order valence-electron chi connectivity index (χ1n) is 6.90. The van der Waals surface area contributed by atoms with E-state index in [1.165, 1.54) is 12.8 Å². The molecule has 17 heavy (non-hydrogen) atoms. The molecule has 1 aliphatic heterocycles. The first-order valence-corrected chi connectivity index (χ1v) is 6.90. The molecule has 1 aliphatic carbocycles. The lowest BCUT2D eigenvalue weighted by atomic mass is 9.78. The largest absolute Gasteiger partial charge is 0.386 e. The maximum atomic E-state index is 9.86. The molecule has 0 aromatic rings. The minimum atomic E-state index is -0.572. The van der Waals surface area contributed by atoms with Gasteiger partial charge in [-0.15, -0.1) is 0 Å². The SMILES string of the molecule is C[C@H](CC[C@@H]1OC1(C)C)C1C=C[C@](C)(O)CC1. The summed E-state index contributed by atoms with van der Waals surface area (Å²) in [5, 5.41) is 9.86. The number of allylic oxidation sites excluding steroid dienone is 1. The van der Waals surface area contributed by atoms with E-state index in [9.17, 15) is 5.11 Å². The standard InChI is InChI=1S/C15H26O2/c1-11(5-6-13-14(2,3)17-13)12-7-9-15(4,16)10-8-12/h7,9,11-13,16H,5-6,8,10H2,1-4H3/t11-,12?,13+,15+/m1/s1. The zero-order valence-corrected chi connectivity index (χ0v) is 11.6. The van der Waals surface area contributed by atoms with Gasteiger partial charge in [0.2, 0.25) is 0 Å². The molecule has 2 heteroatoms. The Bertz CT molecular complexity index is 304. The van der Waals surface area contributed by atoms with Crippen molar-refractivity contribution in [1.82, 2.24) is 0 Å². The van der Waals surface area contributed by atoms with Crippen LogP contribution in [-0.2, 0) is 4.74 Å². The third kappa shape index (κ3) is 3.32. The zero-order valence-electron chi connectivity index (χ0n) is 11.6. The lowest BCUT2D eigenvalue weighted by Crippen LogP contribution is -2.27. The van der Waals surface area contributed by atoms with Gasteiger partial charge in [-0.05, 0) is 58.3 Å². The first-order chi connectivity index (χ1) is 7.80. The second kappa shape index (κ2) is 4.40. The molecule has 0 spiro atoms. The number of rotatable bonds is 4. The lowest BCUT2D eigenvalue weighted by Gasteiger charge is -2.30. The van der Waals surface area contributed by atoms with Gasteiger partial charge >= 0.3 is 0 Å². The molecule has 2 nitrogen and oxygen atoms in total.